The summed E-state index contributed by atoms with van der Waals surface area (Å²) < 4.78 is 0. The Morgan fingerprint density at radius 2 is 2.00 bits per heavy atom. The molecular weight excluding hydrogens is 208 g/mol. The molecule has 102 valence electrons. The molecule has 0 aromatic carbocycles. The Morgan fingerprint density at radius 3 is 2.47 bits per heavy atom. The van der Waals surface area contributed by atoms with Crippen molar-refractivity contribution in [2.24, 2.45) is 11.3 Å². The Bertz CT molecular complexity index is 223. The molecule has 0 heterocycles. The number of nitrogens with one attached hydrogen (secondary N) is 1. The number of rotatable bonds is 5. The first-order valence-electron chi connectivity index (χ1n) is 7.33. The molecule has 2 heteroatoms. The van der Waals surface area contributed by atoms with Crippen LogP contribution in [-0.2, 0) is 0 Å². The molecule has 17 heavy (non-hydrogen) atoms. The van der Waals surface area contributed by atoms with Crippen LogP contribution in [0, 0.1) is 11.3 Å². The standard InChI is InChI=1S/C15H32N2/c1-7-17(11-12(2)3)13-9-8-10-15(4,5)14(13)16-6/h12-14,16H,7-11H2,1-6H3. The first kappa shape index (κ1) is 15.0. The molecule has 0 aromatic rings. The smallest absolute Gasteiger partial charge is 0.0271 e. The van der Waals surface area contributed by atoms with E-state index < -0.39 is 0 Å². The van der Waals surface area contributed by atoms with Crippen molar-refractivity contribution in [1.82, 2.24) is 10.2 Å². The van der Waals surface area contributed by atoms with E-state index in [1.54, 1.807) is 0 Å². The van der Waals surface area contributed by atoms with Gasteiger partial charge in [-0.3, -0.25) is 4.90 Å². The average molecular weight is 240 g/mol. The van der Waals surface area contributed by atoms with Crippen LogP contribution in [0.5, 0.6) is 0 Å². The predicted molar refractivity (Wildman–Crippen MR) is 76.4 cm³/mol. The molecule has 1 rings (SSSR count). The molecule has 0 radical (unpaired) electrons. The third-order valence-corrected chi connectivity index (χ3v) is 4.33. The van der Waals surface area contributed by atoms with Gasteiger partial charge in [0.05, 0.1) is 0 Å². The highest BCUT2D eigenvalue weighted by Crippen LogP contribution is 2.37. The molecular formula is C15H32N2. The summed E-state index contributed by atoms with van der Waals surface area (Å²) in [6.07, 6.45) is 4.09. The average Bonchev–Trinajstić information content (AvgIpc) is 2.24. The van der Waals surface area contributed by atoms with Crippen LogP contribution in [0.3, 0.4) is 0 Å². The number of hydrogen-bond donors (Lipinski definition) is 1. The van der Waals surface area contributed by atoms with Crippen molar-refractivity contribution in [1.29, 1.82) is 0 Å². The summed E-state index contributed by atoms with van der Waals surface area (Å²) in [6.45, 7) is 14.2. The molecule has 1 aliphatic rings. The first-order chi connectivity index (χ1) is 7.92. The lowest BCUT2D eigenvalue weighted by molar-refractivity contribution is 0.0486. The molecule has 1 fully saturated rings. The highest BCUT2D eigenvalue weighted by Gasteiger charge is 2.40. The minimum Gasteiger partial charge on any atom is -0.315 e. The maximum absolute atomic E-state index is 3.59. The van der Waals surface area contributed by atoms with Crippen LogP contribution in [-0.4, -0.2) is 37.1 Å². The van der Waals surface area contributed by atoms with Crippen LogP contribution in [0.15, 0.2) is 0 Å². The zero-order chi connectivity index (χ0) is 13.1. The first-order valence-corrected chi connectivity index (χ1v) is 7.33. The fraction of sp³-hybridized carbons (Fsp3) is 1.00. The second kappa shape index (κ2) is 6.19. The molecule has 2 nitrogen and oxygen atoms in total. The van der Waals surface area contributed by atoms with Gasteiger partial charge in [0.15, 0.2) is 0 Å². The van der Waals surface area contributed by atoms with Crippen LogP contribution < -0.4 is 5.32 Å². The third-order valence-electron chi connectivity index (χ3n) is 4.33. The lowest BCUT2D eigenvalue weighted by atomic mass is 9.70. The van der Waals surface area contributed by atoms with Gasteiger partial charge < -0.3 is 5.32 Å². The minimum atomic E-state index is 0.433. The molecule has 1 saturated carbocycles. The van der Waals surface area contributed by atoms with E-state index in [4.69, 9.17) is 0 Å². The Morgan fingerprint density at radius 1 is 1.35 bits per heavy atom. The fourth-order valence-corrected chi connectivity index (χ4v) is 3.55. The Labute approximate surface area is 108 Å². The summed E-state index contributed by atoms with van der Waals surface area (Å²) in [6, 6.07) is 1.35. The molecule has 0 aromatic heterocycles. The zero-order valence-corrected chi connectivity index (χ0v) is 12.7. The molecule has 0 bridgehead atoms. The maximum Gasteiger partial charge on any atom is 0.0271 e. The van der Waals surface area contributed by atoms with Crippen molar-refractivity contribution in [3.8, 4) is 0 Å². The lowest BCUT2D eigenvalue weighted by Gasteiger charge is -2.48. The van der Waals surface area contributed by atoms with Crippen molar-refractivity contribution >= 4 is 0 Å². The largest absolute Gasteiger partial charge is 0.315 e. The summed E-state index contributed by atoms with van der Waals surface area (Å²) >= 11 is 0. The molecule has 0 spiro atoms. The van der Waals surface area contributed by atoms with Crippen LogP contribution in [0.25, 0.3) is 0 Å². The van der Waals surface area contributed by atoms with Gasteiger partial charge in [0, 0.05) is 18.6 Å². The van der Waals surface area contributed by atoms with E-state index in [9.17, 15) is 0 Å². The monoisotopic (exact) mass is 240 g/mol. The van der Waals surface area contributed by atoms with E-state index in [1.807, 2.05) is 0 Å². The number of hydrogen-bond acceptors (Lipinski definition) is 2. The normalized spacial score (nSPS) is 28.9. The van der Waals surface area contributed by atoms with Crippen LogP contribution in [0.2, 0.25) is 0 Å². The summed E-state index contributed by atoms with van der Waals surface area (Å²) in [5.74, 6) is 0.762. The SMILES string of the molecule is CCN(CC(C)C)C1CCCC(C)(C)C1NC. The molecule has 2 atom stereocenters. The summed E-state index contributed by atoms with van der Waals surface area (Å²) in [5.41, 5.74) is 0.433. The summed E-state index contributed by atoms with van der Waals surface area (Å²) in [4.78, 5) is 2.69. The Hall–Kier alpha value is -0.0800. The van der Waals surface area contributed by atoms with E-state index >= 15 is 0 Å². The van der Waals surface area contributed by atoms with Gasteiger partial charge >= 0.3 is 0 Å². The van der Waals surface area contributed by atoms with Gasteiger partial charge in [-0.15, -0.1) is 0 Å². The Balaban J connectivity index is 2.77. The van der Waals surface area contributed by atoms with Gasteiger partial charge in [-0.1, -0.05) is 41.0 Å². The van der Waals surface area contributed by atoms with E-state index in [2.05, 4.69) is 51.9 Å². The van der Waals surface area contributed by atoms with Crippen LogP contribution >= 0.6 is 0 Å². The van der Waals surface area contributed by atoms with Crippen molar-refractivity contribution < 1.29 is 0 Å². The van der Waals surface area contributed by atoms with Crippen molar-refractivity contribution in [2.75, 3.05) is 20.1 Å². The van der Waals surface area contributed by atoms with E-state index in [1.165, 1.54) is 32.4 Å². The van der Waals surface area contributed by atoms with Crippen molar-refractivity contribution in [3.05, 3.63) is 0 Å². The van der Waals surface area contributed by atoms with E-state index in [-0.39, 0.29) is 0 Å². The zero-order valence-electron chi connectivity index (χ0n) is 12.7. The summed E-state index contributed by atoms with van der Waals surface area (Å²) in [7, 11) is 2.13. The van der Waals surface area contributed by atoms with E-state index in [0.29, 0.717) is 11.5 Å². The molecule has 0 aliphatic heterocycles. The van der Waals surface area contributed by atoms with Crippen molar-refractivity contribution in [2.45, 2.75) is 66.0 Å². The van der Waals surface area contributed by atoms with Gasteiger partial charge in [0.25, 0.3) is 0 Å². The number of nitrogens with zero attached hydrogens (tertiary/aromatic N) is 1. The quantitative estimate of drug-likeness (QED) is 0.794. The molecule has 0 saturated heterocycles. The van der Waals surface area contributed by atoms with Crippen LogP contribution in [0.1, 0.15) is 53.9 Å². The second-order valence-electron chi connectivity index (χ2n) is 6.70. The summed E-state index contributed by atoms with van der Waals surface area (Å²) in [5, 5.41) is 3.59. The lowest BCUT2D eigenvalue weighted by Crippen LogP contribution is -2.58. The molecule has 2 unspecified atom stereocenters. The van der Waals surface area contributed by atoms with Gasteiger partial charge in [0.1, 0.15) is 0 Å². The minimum absolute atomic E-state index is 0.433. The van der Waals surface area contributed by atoms with E-state index in [0.717, 1.165) is 12.0 Å². The predicted octanol–water partition coefficient (Wildman–Crippen LogP) is 3.13. The highest BCUT2D eigenvalue weighted by atomic mass is 15.2. The maximum atomic E-state index is 3.59. The van der Waals surface area contributed by atoms with Crippen LogP contribution in [0.4, 0.5) is 0 Å². The molecule has 1 aliphatic carbocycles. The van der Waals surface area contributed by atoms with Crippen molar-refractivity contribution in [3.63, 3.8) is 0 Å². The third kappa shape index (κ3) is 3.69. The topological polar surface area (TPSA) is 15.3 Å². The van der Waals surface area contributed by atoms with Gasteiger partial charge in [-0.25, -0.2) is 0 Å². The second-order valence-corrected chi connectivity index (χ2v) is 6.70. The molecule has 1 N–H and O–H groups in total. The highest BCUT2D eigenvalue weighted by molar-refractivity contribution is 4.97. The van der Waals surface area contributed by atoms with Gasteiger partial charge in [-0.05, 0) is 37.8 Å². The molecule has 0 amide bonds. The van der Waals surface area contributed by atoms with Gasteiger partial charge in [0.2, 0.25) is 0 Å². The fourth-order valence-electron chi connectivity index (χ4n) is 3.55. The Kier molecular flexibility index (Phi) is 5.46. The van der Waals surface area contributed by atoms with Gasteiger partial charge in [-0.2, -0.15) is 0 Å². The number of likely N-dealkylation sites (N-methyl/N-ethyl adjacent to an activating group) is 2.